The Labute approximate surface area is 93.7 Å². The number of aliphatic hydroxyl groups is 1. The molecule has 0 bridgehead atoms. The van der Waals surface area contributed by atoms with Crippen LogP contribution in [0.4, 0.5) is 0 Å². The lowest BCUT2D eigenvalue weighted by Gasteiger charge is -2.42. The fourth-order valence-corrected chi connectivity index (χ4v) is 3.31. The fourth-order valence-electron chi connectivity index (χ4n) is 3.31. The molecule has 0 amide bonds. The van der Waals surface area contributed by atoms with E-state index in [1.807, 2.05) is 0 Å². The number of rotatable bonds is 2. The molecule has 0 spiro atoms. The summed E-state index contributed by atoms with van der Waals surface area (Å²) in [5.41, 5.74) is -0.312. The molecular formula is C13H25NO. The van der Waals surface area contributed by atoms with Crippen molar-refractivity contribution in [1.82, 2.24) is 4.90 Å². The van der Waals surface area contributed by atoms with Crippen LogP contribution in [0.3, 0.4) is 0 Å². The third-order valence-corrected chi connectivity index (χ3v) is 4.41. The van der Waals surface area contributed by atoms with Crippen LogP contribution in [0.15, 0.2) is 0 Å². The molecule has 1 atom stereocenters. The molecule has 0 radical (unpaired) electrons. The average molecular weight is 211 g/mol. The minimum absolute atomic E-state index is 0.312. The molecule has 2 rings (SSSR count). The van der Waals surface area contributed by atoms with Crippen molar-refractivity contribution in [3.8, 4) is 0 Å². The lowest BCUT2D eigenvalue weighted by molar-refractivity contribution is -0.0466. The van der Waals surface area contributed by atoms with E-state index >= 15 is 0 Å². The van der Waals surface area contributed by atoms with Gasteiger partial charge in [0, 0.05) is 18.5 Å². The molecule has 2 fully saturated rings. The third-order valence-electron chi connectivity index (χ3n) is 4.41. The van der Waals surface area contributed by atoms with Gasteiger partial charge in [-0.3, -0.25) is 0 Å². The van der Waals surface area contributed by atoms with E-state index in [1.165, 1.54) is 32.2 Å². The number of nitrogens with zero attached hydrogens (tertiary/aromatic N) is 1. The van der Waals surface area contributed by atoms with Gasteiger partial charge in [0.05, 0.1) is 5.60 Å². The second-order valence-corrected chi connectivity index (χ2v) is 5.74. The molecule has 88 valence electrons. The monoisotopic (exact) mass is 211 g/mol. The predicted octanol–water partition coefficient (Wildman–Crippen LogP) is 2.41. The van der Waals surface area contributed by atoms with Crippen LogP contribution in [0.2, 0.25) is 0 Å². The summed E-state index contributed by atoms with van der Waals surface area (Å²) in [6, 6.07) is 0.637. The van der Waals surface area contributed by atoms with E-state index < -0.39 is 0 Å². The Bertz CT molecular complexity index is 209. The van der Waals surface area contributed by atoms with Gasteiger partial charge in [-0.05, 0) is 46.1 Å². The number of piperidine rings is 1. The molecule has 1 saturated heterocycles. The van der Waals surface area contributed by atoms with Crippen LogP contribution in [-0.4, -0.2) is 34.7 Å². The van der Waals surface area contributed by atoms with Gasteiger partial charge in [0.25, 0.3) is 0 Å². The predicted molar refractivity (Wildman–Crippen MR) is 62.9 cm³/mol. The van der Waals surface area contributed by atoms with Crippen molar-refractivity contribution < 1.29 is 5.11 Å². The SMILES string of the molecule is CC(C)N1CCCC(C2(O)CCCC2)C1. The molecule has 0 aromatic rings. The van der Waals surface area contributed by atoms with Gasteiger partial charge < -0.3 is 10.0 Å². The minimum atomic E-state index is -0.312. The van der Waals surface area contributed by atoms with Gasteiger partial charge in [-0.25, -0.2) is 0 Å². The highest BCUT2D eigenvalue weighted by Crippen LogP contribution is 2.40. The molecular weight excluding hydrogens is 186 g/mol. The first kappa shape index (κ1) is 11.4. The Kier molecular flexibility index (Phi) is 3.36. The standard InChI is InChI=1S/C13H25NO/c1-11(2)14-9-5-6-12(10-14)13(15)7-3-4-8-13/h11-12,15H,3-10H2,1-2H3. The van der Waals surface area contributed by atoms with E-state index in [-0.39, 0.29) is 5.60 Å². The normalized spacial score (nSPS) is 32.4. The van der Waals surface area contributed by atoms with Gasteiger partial charge >= 0.3 is 0 Å². The Morgan fingerprint density at radius 1 is 1.20 bits per heavy atom. The third kappa shape index (κ3) is 2.36. The lowest BCUT2D eigenvalue weighted by Crippen LogP contribution is -2.48. The first-order valence-electron chi connectivity index (χ1n) is 6.58. The van der Waals surface area contributed by atoms with Crippen LogP contribution >= 0.6 is 0 Å². The number of hydrogen-bond donors (Lipinski definition) is 1. The maximum Gasteiger partial charge on any atom is 0.0688 e. The summed E-state index contributed by atoms with van der Waals surface area (Å²) in [6.07, 6.45) is 7.06. The van der Waals surface area contributed by atoms with Crippen LogP contribution in [-0.2, 0) is 0 Å². The van der Waals surface area contributed by atoms with E-state index in [0.717, 1.165) is 19.4 Å². The summed E-state index contributed by atoms with van der Waals surface area (Å²) in [5.74, 6) is 0.538. The smallest absolute Gasteiger partial charge is 0.0688 e. The molecule has 0 aromatic heterocycles. The highest BCUT2D eigenvalue weighted by molar-refractivity contribution is 4.94. The van der Waals surface area contributed by atoms with Gasteiger partial charge in [-0.2, -0.15) is 0 Å². The summed E-state index contributed by atoms with van der Waals surface area (Å²) in [7, 11) is 0. The summed E-state index contributed by atoms with van der Waals surface area (Å²) < 4.78 is 0. The average Bonchev–Trinajstić information content (AvgIpc) is 2.67. The first-order valence-corrected chi connectivity index (χ1v) is 6.58. The summed E-state index contributed by atoms with van der Waals surface area (Å²) in [6.45, 7) is 6.88. The minimum Gasteiger partial charge on any atom is -0.390 e. The zero-order valence-electron chi connectivity index (χ0n) is 10.2. The second kappa shape index (κ2) is 4.42. The van der Waals surface area contributed by atoms with Crippen molar-refractivity contribution in [2.24, 2.45) is 5.92 Å². The van der Waals surface area contributed by atoms with Crippen LogP contribution < -0.4 is 0 Å². The molecule has 1 heterocycles. The van der Waals surface area contributed by atoms with Crippen molar-refractivity contribution in [2.75, 3.05) is 13.1 Å². The van der Waals surface area contributed by atoms with Crippen molar-refractivity contribution in [2.45, 2.75) is 64.0 Å². The number of likely N-dealkylation sites (tertiary alicyclic amines) is 1. The first-order chi connectivity index (χ1) is 7.12. The molecule has 15 heavy (non-hydrogen) atoms. The molecule has 2 nitrogen and oxygen atoms in total. The highest BCUT2D eigenvalue weighted by atomic mass is 16.3. The van der Waals surface area contributed by atoms with Crippen LogP contribution in [0.25, 0.3) is 0 Å². The summed E-state index contributed by atoms with van der Waals surface area (Å²) in [4.78, 5) is 2.53. The molecule has 1 aliphatic heterocycles. The Morgan fingerprint density at radius 2 is 1.87 bits per heavy atom. The largest absolute Gasteiger partial charge is 0.390 e. The van der Waals surface area contributed by atoms with Gasteiger partial charge in [-0.1, -0.05) is 12.8 Å². The molecule has 2 heteroatoms. The topological polar surface area (TPSA) is 23.5 Å². The highest BCUT2D eigenvalue weighted by Gasteiger charge is 2.41. The van der Waals surface area contributed by atoms with Gasteiger partial charge in [-0.15, -0.1) is 0 Å². The quantitative estimate of drug-likeness (QED) is 0.758. The molecule has 1 saturated carbocycles. The Morgan fingerprint density at radius 3 is 2.47 bits per heavy atom. The molecule has 1 aliphatic carbocycles. The van der Waals surface area contributed by atoms with Gasteiger partial charge in [0.2, 0.25) is 0 Å². The van der Waals surface area contributed by atoms with E-state index in [1.54, 1.807) is 0 Å². The molecule has 2 aliphatic rings. The van der Waals surface area contributed by atoms with Gasteiger partial charge in [0.15, 0.2) is 0 Å². The zero-order valence-corrected chi connectivity index (χ0v) is 10.2. The maximum absolute atomic E-state index is 10.6. The van der Waals surface area contributed by atoms with Crippen molar-refractivity contribution in [3.63, 3.8) is 0 Å². The zero-order chi connectivity index (χ0) is 10.9. The number of hydrogen-bond acceptors (Lipinski definition) is 2. The van der Waals surface area contributed by atoms with E-state index in [0.29, 0.717) is 12.0 Å². The summed E-state index contributed by atoms with van der Waals surface area (Å²) in [5, 5.41) is 10.6. The Hall–Kier alpha value is -0.0800. The van der Waals surface area contributed by atoms with Crippen LogP contribution in [0.1, 0.15) is 52.4 Å². The lowest BCUT2D eigenvalue weighted by atomic mass is 9.80. The van der Waals surface area contributed by atoms with Crippen LogP contribution in [0, 0.1) is 5.92 Å². The summed E-state index contributed by atoms with van der Waals surface area (Å²) >= 11 is 0. The van der Waals surface area contributed by atoms with E-state index in [9.17, 15) is 5.11 Å². The van der Waals surface area contributed by atoms with Crippen molar-refractivity contribution >= 4 is 0 Å². The maximum atomic E-state index is 10.6. The van der Waals surface area contributed by atoms with Crippen molar-refractivity contribution in [3.05, 3.63) is 0 Å². The van der Waals surface area contributed by atoms with Gasteiger partial charge in [0.1, 0.15) is 0 Å². The second-order valence-electron chi connectivity index (χ2n) is 5.74. The Balaban J connectivity index is 1.97. The van der Waals surface area contributed by atoms with Crippen molar-refractivity contribution in [1.29, 1.82) is 0 Å². The molecule has 0 aromatic carbocycles. The van der Waals surface area contributed by atoms with E-state index in [4.69, 9.17) is 0 Å². The molecule has 1 unspecified atom stereocenters. The van der Waals surface area contributed by atoms with Crippen LogP contribution in [0.5, 0.6) is 0 Å². The fraction of sp³-hybridized carbons (Fsp3) is 1.00. The van der Waals surface area contributed by atoms with E-state index in [2.05, 4.69) is 18.7 Å². The molecule has 1 N–H and O–H groups in total.